The van der Waals surface area contributed by atoms with Gasteiger partial charge in [-0.3, -0.25) is 4.98 Å². The molecule has 2 N–H and O–H groups in total. The summed E-state index contributed by atoms with van der Waals surface area (Å²) in [6.07, 6.45) is 3.24. The van der Waals surface area contributed by atoms with Crippen molar-refractivity contribution in [3.05, 3.63) is 59.9 Å². The van der Waals surface area contributed by atoms with Crippen LogP contribution in [0.15, 0.2) is 53.7 Å². The Kier molecular flexibility index (Phi) is 5.06. The second kappa shape index (κ2) is 6.99. The molecular weight excluding hydrogens is 288 g/mol. The molecule has 21 heavy (non-hydrogen) atoms. The average Bonchev–Trinajstić information content (AvgIpc) is 2.52. The highest BCUT2D eigenvalue weighted by Gasteiger charge is 2.13. The van der Waals surface area contributed by atoms with Crippen molar-refractivity contribution in [2.75, 3.05) is 6.61 Å². The topological polar surface area (TPSA) is 79.3 Å². The summed E-state index contributed by atoms with van der Waals surface area (Å²) in [5, 5.41) is 8.61. The molecule has 5 nitrogen and oxygen atoms in total. The SMILES string of the molecule is O=S(=O)(NCc1cccnc1)c1ccc(C#CCO)cc1. The van der Waals surface area contributed by atoms with E-state index in [0.29, 0.717) is 5.56 Å². The third-order valence-corrected chi connectivity index (χ3v) is 4.08. The normalized spacial score (nSPS) is 10.7. The first-order valence-corrected chi connectivity index (χ1v) is 7.68. The third kappa shape index (κ3) is 4.39. The molecule has 0 atom stereocenters. The average molecular weight is 302 g/mol. The zero-order valence-electron chi connectivity index (χ0n) is 11.2. The lowest BCUT2D eigenvalue weighted by atomic mass is 10.2. The molecule has 1 heterocycles. The molecule has 1 aromatic heterocycles. The number of nitrogens with one attached hydrogen (secondary N) is 1. The van der Waals surface area contributed by atoms with Crippen LogP contribution in [0.25, 0.3) is 0 Å². The molecule has 0 amide bonds. The molecule has 0 radical (unpaired) electrons. The van der Waals surface area contributed by atoms with Gasteiger partial charge < -0.3 is 5.11 Å². The van der Waals surface area contributed by atoms with Gasteiger partial charge in [-0.05, 0) is 35.9 Å². The van der Waals surface area contributed by atoms with E-state index in [9.17, 15) is 8.42 Å². The summed E-state index contributed by atoms with van der Waals surface area (Å²) in [5.74, 6) is 5.21. The van der Waals surface area contributed by atoms with Gasteiger partial charge in [0.05, 0.1) is 4.90 Å². The fourth-order valence-corrected chi connectivity index (χ4v) is 2.64. The van der Waals surface area contributed by atoms with Crippen LogP contribution in [0.1, 0.15) is 11.1 Å². The molecular formula is C15H14N2O3S. The van der Waals surface area contributed by atoms with Crippen LogP contribution in [-0.2, 0) is 16.6 Å². The van der Waals surface area contributed by atoms with Crippen molar-refractivity contribution in [1.82, 2.24) is 9.71 Å². The summed E-state index contributed by atoms with van der Waals surface area (Å²) in [6, 6.07) is 9.70. The molecule has 0 saturated carbocycles. The van der Waals surface area contributed by atoms with E-state index in [0.717, 1.165) is 5.56 Å². The van der Waals surface area contributed by atoms with Crippen LogP contribution in [-0.4, -0.2) is 25.1 Å². The van der Waals surface area contributed by atoms with Crippen LogP contribution < -0.4 is 4.72 Å². The number of aliphatic hydroxyl groups is 1. The molecule has 0 bridgehead atoms. The Morgan fingerprint density at radius 3 is 2.57 bits per heavy atom. The van der Waals surface area contributed by atoms with Crippen LogP contribution >= 0.6 is 0 Å². The van der Waals surface area contributed by atoms with Crippen molar-refractivity contribution in [3.63, 3.8) is 0 Å². The van der Waals surface area contributed by atoms with E-state index in [4.69, 9.17) is 5.11 Å². The molecule has 1 aromatic carbocycles. The quantitative estimate of drug-likeness (QED) is 0.823. The van der Waals surface area contributed by atoms with Crippen LogP contribution in [0.5, 0.6) is 0 Å². The van der Waals surface area contributed by atoms with Crippen LogP contribution in [0.3, 0.4) is 0 Å². The molecule has 0 aliphatic carbocycles. The van der Waals surface area contributed by atoms with Crippen molar-refractivity contribution in [3.8, 4) is 11.8 Å². The number of sulfonamides is 1. The first-order chi connectivity index (χ1) is 10.1. The van der Waals surface area contributed by atoms with Crippen LogP contribution in [0.2, 0.25) is 0 Å². The number of aromatic nitrogens is 1. The van der Waals surface area contributed by atoms with E-state index >= 15 is 0 Å². The van der Waals surface area contributed by atoms with Crippen molar-refractivity contribution in [1.29, 1.82) is 0 Å². The first-order valence-electron chi connectivity index (χ1n) is 6.20. The minimum absolute atomic E-state index is 0.168. The minimum atomic E-state index is -3.57. The van der Waals surface area contributed by atoms with Gasteiger partial charge in [-0.1, -0.05) is 17.9 Å². The summed E-state index contributed by atoms with van der Waals surface area (Å²) in [5.41, 5.74) is 1.43. The summed E-state index contributed by atoms with van der Waals surface area (Å²) < 4.78 is 26.8. The zero-order valence-corrected chi connectivity index (χ0v) is 12.0. The molecule has 0 fully saturated rings. The number of benzene rings is 1. The van der Waals surface area contributed by atoms with Gasteiger partial charge in [0.1, 0.15) is 6.61 Å². The van der Waals surface area contributed by atoms with Gasteiger partial charge >= 0.3 is 0 Å². The van der Waals surface area contributed by atoms with E-state index in [2.05, 4.69) is 21.5 Å². The molecule has 108 valence electrons. The van der Waals surface area contributed by atoms with Crippen LogP contribution in [0, 0.1) is 11.8 Å². The summed E-state index contributed by atoms with van der Waals surface area (Å²) in [7, 11) is -3.57. The molecule has 0 saturated heterocycles. The monoisotopic (exact) mass is 302 g/mol. The molecule has 0 spiro atoms. The maximum absolute atomic E-state index is 12.1. The van der Waals surface area contributed by atoms with Gasteiger partial charge in [0.15, 0.2) is 0 Å². The lowest BCUT2D eigenvalue weighted by molar-refractivity contribution is 0.350. The number of hydrogen-bond acceptors (Lipinski definition) is 4. The predicted molar refractivity (Wildman–Crippen MR) is 78.7 cm³/mol. The van der Waals surface area contributed by atoms with Crippen molar-refractivity contribution in [2.45, 2.75) is 11.4 Å². The molecule has 2 rings (SSSR count). The van der Waals surface area contributed by atoms with Crippen molar-refractivity contribution < 1.29 is 13.5 Å². The largest absolute Gasteiger partial charge is 0.384 e. The van der Waals surface area contributed by atoms with Gasteiger partial charge in [0, 0.05) is 24.5 Å². The minimum Gasteiger partial charge on any atom is -0.384 e. The highest BCUT2D eigenvalue weighted by molar-refractivity contribution is 7.89. The standard InChI is InChI=1S/C15H14N2O3S/c18-10-2-4-13-5-7-15(8-6-13)21(19,20)17-12-14-3-1-9-16-11-14/h1,3,5-9,11,17-18H,10,12H2. The number of hydrogen-bond donors (Lipinski definition) is 2. The summed E-state index contributed by atoms with van der Waals surface area (Å²) in [4.78, 5) is 4.10. The summed E-state index contributed by atoms with van der Waals surface area (Å²) >= 11 is 0. The molecule has 0 unspecified atom stereocenters. The van der Waals surface area contributed by atoms with Crippen molar-refractivity contribution >= 4 is 10.0 Å². The van der Waals surface area contributed by atoms with E-state index in [1.54, 1.807) is 36.7 Å². The van der Waals surface area contributed by atoms with Gasteiger partial charge in [-0.25, -0.2) is 13.1 Å². The Hall–Kier alpha value is -2.20. The van der Waals surface area contributed by atoms with Gasteiger partial charge in [-0.15, -0.1) is 0 Å². The highest BCUT2D eigenvalue weighted by atomic mass is 32.2. The Morgan fingerprint density at radius 2 is 1.95 bits per heavy atom. The number of aliphatic hydroxyl groups excluding tert-OH is 1. The molecule has 2 aromatic rings. The van der Waals surface area contributed by atoms with E-state index in [1.807, 2.05) is 0 Å². The van der Waals surface area contributed by atoms with Gasteiger partial charge in [-0.2, -0.15) is 0 Å². The van der Waals surface area contributed by atoms with E-state index in [1.165, 1.54) is 12.1 Å². The molecule has 0 aliphatic heterocycles. The smallest absolute Gasteiger partial charge is 0.240 e. The maximum Gasteiger partial charge on any atom is 0.240 e. The number of nitrogens with zero attached hydrogens (tertiary/aromatic N) is 1. The van der Waals surface area contributed by atoms with Crippen LogP contribution in [0.4, 0.5) is 0 Å². The summed E-state index contributed by atoms with van der Waals surface area (Å²) in [6.45, 7) is -0.0467. The Morgan fingerprint density at radius 1 is 1.19 bits per heavy atom. The maximum atomic E-state index is 12.1. The highest BCUT2D eigenvalue weighted by Crippen LogP contribution is 2.10. The predicted octanol–water partition coefficient (Wildman–Crippen LogP) is 0.904. The first kappa shape index (κ1) is 15.2. The molecule has 6 heteroatoms. The second-order valence-electron chi connectivity index (χ2n) is 4.17. The lowest BCUT2D eigenvalue weighted by Crippen LogP contribution is -2.23. The second-order valence-corrected chi connectivity index (χ2v) is 5.94. The van der Waals surface area contributed by atoms with E-state index in [-0.39, 0.29) is 18.0 Å². The zero-order chi connectivity index (χ0) is 15.1. The van der Waals surface area contributed by atoms with E-state index < -0.39 is 10.0 Å². The lowest BCUT2D eigenvalue weighted by Gasteiger charge is -2.06. The Balaban J connectivity index is 2.09. The number of pyridine rings is 1. The third-order valence-electron chi connectivity index (χ3n) is 2.67. The Bertz CT molecular complexity index is 745. The fourth-order valence-electron chi connectivity index (χ4n) is 1.62. The number of rotatable bonds is 4. The fraction of sp³-hybridized carbons (Fsp3) is 0.133. The Labute approximate surface area is 123 Å². The molecule has 0 aliphatic rings. The van der Waals surface area contributed by atoms with Crippen molar-refractivity contribution in [2.24, 2.45) is 0 Å². The van der Waals surface area contributed by atoms with Gasteiger partial charge in [0.2, 0.25) is 10.0 Å². The van der Waals surface area contributed by atoms with Gasteiger partial charge in [0.25, 0.3) is 0 Å².